The molecule has 0 aromatic carbocycles. The van der Waals surface area contributed by atoms with Gasteiger partial charge in [0, 0.05) is 23.1 Å². The summed E-state index contributed by atoms with van der Waals surface area (Å²) in [6.07, 6.45) is 1.17. The minimum Gasteiger partial charge on any atom is -0.415 e. The Kier molecular flexibility index (Phi) is 4.21. The summed E-state index contributed by atoms with van der Waals surface area (Å²) in [6, 6.07) is 0. The second-order valence-corrected chi connectivity index (χ2v) is 6.90. The summed E-state index contributed by atoms with van der Waals surface area (Å²) in [5.74, 6) is 0.868. The van der Waals surface area contributed by atoms with Gasteiger partial charge in [-0.3, -0.25) is 0 Å². The summed E-state index contributed by atoms with van der Waals surface area (Å²) in [4.78, 5) is 3.53. The molecule has 0 radical (unpaired) electrons. The lowest BCUT2D eigenvalue weighted by molar-refractivity contribution is -0.141. The van der Waals surface area contributed by atoms with Crippen LogP contribution in [0.4, 0.5) is 13.2 Å². The van der Waals surface area contributed by atoms with Gasteiger partial charge in [0.05, 0.1) is 0 Å². The molecule has 0 atom stereocenters. The van der Waals surface area contributed by atoms with Gasteiger partial charge in [-0.2, -0.15) is 13.2 Å². The monoisotopic (exact) mass is 335 g/mol. The van der Waals surface area contributed by atoms with Gasteiger partial charge in [-0.05, 0) is 12.8 Å². The van der Waals surface area contributed by atoms with E-state index in [1.54, 1.807) is 0 Å². The highest BCUT2D eigenvalue weighted by Gasteiger charge is 2.34. The van der Waals surface area contributed by atoms with Gasteiger partial charge in [0.1, 0.15) is 0 Å². The lowest BCUT2D eigenvalue weighted by Crippen LogP contribution is -2.04. The van der Waals surface area contributed by atoms with Gasteiger partial charge in [0.25, 0.3) is 5.22 Å². The topological polar surface area (TPSA) is 51.8 Å². The third-order valence-electron chi connectivity index (χ3n) is 3.32. The first-order chi connectivity index (χ1) is 10.0. The SMILES string of the molecule is FC(F)(F)c1csc(Sc2nnc(C3CCCCC3)o2)n1. The number of hydrogen-bond donors (Lipinski definition) is 0. The minimum absolute atomic E-state index is 0.249. The van der Waals surface area contributed by atoms with Crippen molar-refractivity contribution in [1.29, 1.82) is 0 Å². The summed E-state index contributed by atoms with van der Waals surface area (Å²) in [7, 11) is 0. The summed E-state index contributed by atoms with van der Waals surface area (Å²) in [5, 5.41) is 9.13. The number of halogens is 3. The quantitative estimate of drug-likeness (QED) is 0.810. The number of thiazole rings is 1. The van der Waals surface area contributed by atoms with Gasteiger partial charge in [0.2, 0.25) is 5.89 Å². The molecule has 1 aliphatic carbocycles. The van der Waals surface area contributed by atoms with E-state index in [9.17, 15) is 13.2 Å². The molecule has 2 heterocycles. The summed E-state index contributed by atoms with van der Waals surface area (Å²) >= 11 is 1.90. The van der Waals surface area contributed by atoms with Crippen LogP contribution < -0.4 is 0 Å². The van der Waals surface area contributed by atoms with Crippen molar-refractivity contribution in [2.45, 2.75) is 53.8 Å². The van der Waals surface area contributed by atoms with Crippen molar-refractivity contribution < 1.29 is 17.6 Å². The number of hydrogen-bond acceptors (Lipinski definition) is 6. The van der Waals surface area contributed by atoms with Crippen molar-refractivity contribution in [3.63, 3.8) is 0 Å². The summed E-state index contributed by atoms with van der Waals surface area (Å²) in [6.45, 7) is 0. The third kappa shape index (κ3) is 3.57. The first-order valence-corrected chi connectivity index (χ1v) is 8.26. The highest BCUT2D eigenvalue weighted by molar-refractivity contribution is 8.00. The molecule has 1 saturated carbocycles. The molecule has 1 aliphatic rings. The molecule has 2 aromatic heterocycles. The van der Waals surface area contributed by atoms with Crippen molar-refractivity contribution in [3.8, 4) is 0 Å². The van der Waals surface area contributed by atoms with Crippen molar-refractivity contribution in [2.75, 3.05) is 0 Å². The van der Waals surface area contributed by atoms with E-state index in [0.717, 1.165) is 54.2 Å². The molecule has 0 spiro atoms. The molecule has 1 fully saturated rings. The molecule has 2 aromatic rings. The lowest BCUT2D eigenvalue weighted by atomic mass is 9.89. The Labute approximate surface area is 127 Å². The van der Waals surface area contributed by atoms with Crippen LogP contribution in [-0.4, -0.2) is 15.2 Å². The predicted molar refractivity (Wildman–Crippen MR) is 71.4 cm³/mol. The van der Waals surface area contributed by atoms with Crippen molar-refractivity contribution >= 4 is 23.1 Å². The molecule has 0 N–H and O–H groups in total. The Morgan fingerprint density at radius 3 is 2.62 bits per heavy atom. The van der Waals surface area contributed by atoms with Crippen molar-refractivity contribution in [2.24, 2.45) is 0 Å². The molecular weight excluding hydrogens is 323 g/mol. The fraction of sp³-hybridized carbons (Fsp3) is 0.583. The highest BCUT2D eigenvalue weighted by atomic mass is 32.2. The standard InChI is InChI=1S/C12H12F3N3OS2/c13-12(14,15)8-6-20-11(16-8)21-10-18-17-9(19-10)7-4-2-1-3-5-7/h6-7H,1-5H2. The zero-order chi connectivity index (χ0) is 14.9. The summed E-state index contributed by atoms with van der Waals surface area (Å²) < 4.78 is 43.2. The molecular formula is C12H12F3N3OS2. The van der Waals surface area contributed by atoms with E-state index in [0.29, 0.717) is 5.89 Å². The molecule has 114 valence electrons. The van der Waals surface area contributed by atoms with Crippen LogP contribution in [0, 0.1) is 0 Å². The minimum atomic E-state index is -4.42. The van der Waals surface area contributed by atoms with Gasteiger partial charge >= 0.3 is 6.18 Å². The zero-order valence-corrected chi connectivity index (χ0v) is 12.5. The molecule has 0 bridgehead atoms. The zero-order valence-electron chi connectivity index (χ0n) is 10.9. The van der Waals surface area contributed by atoms with E-state index in [4.69, 9.17) is 4.42 Å². The fourth-order valence-corrected chi connectivity index (χ4v) is 3.89. The molecule has 0 saturated heterocycles. The number of nitrogens with zero attached hydrogens (tertiary/aromatic N) is 3. The Morgan fingerprint density at radius 2 is 1.95 bits per heavy atom. The van der Waals surface area contributed by atoms with E-state index in [2.05, 4.69) is 15.2 Å². The van der Waals surface area contributed by atoms with Crippen LogP contribution in [0.25, 0.3) is 0 Å². The first-order valence-electron chi connectivity index (χ1n) is 6.56. The van der Waals surface area contributed by atoms with Crippen LogP contribution in [-0.2, 0) is 6.18 Å². The highest BCUT2D eigenvalue weighted by Crippen LogP contribution is 2.37. The average molecular weight is 335 g/mol. The average Bonchev–Trinajstić information content (AvgIpc) is 3.09. The molecule has 0 unspecified atom stereocenters. The third-order valence-corrected chi connectivity index (χ3v) is 5.10. The van der Waals surface area contributed by atoms with Gasteiger partial charge < -0.3 is 4.42 Å². The van der Waals surface area contributed by atoms with Crippen LogP contribution in [0.5, 0.6) is 0 Å². The Balaban J connectivity index is 1.68. The Bertz CT molecular complexity index is 605. The molecule has 4 nitrogen and oxygen atoms in total. The van der Waals surface area contributed by atoms with Crippen LogP contribution in [0.1, 0.15) is 49.6 Å². The maximum atomic E-state index is 12.5. The Hall–Kier alpha value is -1.09. The van der Waals surface area contributed by atoms with Gasteiger partial charge in [0.15, 0.2) is 10.0 Å². The lowest BCUT2D eigenvalue weighted by Gasteiger charge is -2.17. The van der Waals surface area contributed by atoms with Crippen molar-refractivity contribution in [1.82, 2.24) is 15.2 Å². The molecule has 3 rings (SSSR count). The largest absolute Gasteiger partial charge is 0.434 e. The second-order valence-electron chi connectivity index (χ2n) is 4.84. The number of aromatic nitrogens is 3. The van der Waals surface area contributed by atoms with Crippen LogP contribution >= 0.6 is 23.1 Å². The first kappa shape index (κ1) is 14.8. The van der Waals surface area contributed by atoms with Crippen molar-refractivity contribution in [3.05, 3.63) is 17.0 Å². The van der Waals surface area contributed by atoms with E-state index in [-0.39, 0.29) is 15.5 Å². The number of rotatable bonds is 3. The Morgan fingerprint density at radius 1 is 1.19 bits per heavy atom. The normalized spacial score (nSPS) is 17.3. The molecule has 21 heavy (non-hydrogen) atoms. The molecule has 9 heteroatoms. The van der Waals surface area contributed by atoms with E-state index in [1.165, 1.54) is 6.42 Å². The van der Waals surface area contributed by atoms with E-state index in [1.807, 2.05) is 0 Å². The van der Waals surface area contributed by atoms with Gasteiger partial charge in [-0.1, -0.05) is 19.3 Å². The van der Waals surface area contributed by atoms with Crippen LogP contribution in [0.2, 0.25) is 0 Å². The van der Waals surface area contributed by atoms with Gasteiger partial charge in [-0.25, -0.2) is 4.98 Å². The van der Waals surface area contributed by atoms with Gasteiger partial charge in [-0.15, -0.1) is 21.5 Å². The maximum Gasteiger partial charge on any atom is 0.434 e. The summed E-state index contributed by atoms with van der Waals surface area (Å²) in [5.41, 5.74) is -0.887. The smallest absolute Gasteiger partial charge is 0.415 e. The molecule has 0 amide bonds. The predicted octanol–water partition coefficient (Wildman–Crippen LogP) is 4.74. The second kappa shape index (κ2) is 5.96. The van der Waals surface area contributed by atoms with E-state index >= 15 is 0 Å². The van der Waals surface area contributed by atoms with Crippen LogP contribution in [0.15, 0.2) is 19.4 Å². The molecule has 0 aliphatic heterocycles. The number of alkyl halides is 3. The van der Waals surface area contributed by atoms with E-state index < -0.39 is 11.9 Å². The fourth-order valence-electron chi connectivity index (χ4n) is 2.29. The maximum absolute atomic E-state index is 12.5. The van der Waals surface area contributed by atoms with Crippen LogP contribution in [0.3, 0.4) is 0 Å².